The molecule has 0 aromatic heterocycles. The number of carbonyl (C=O) groups is 2. The SMILES string of the molecule is CC(=O)OCC/N=C(\C=C\C1=C(N(c2ccccc2)c2ccccc2)C(=C/C=C2/N(CCOC(C)=O)c3ccc4cc(S(=O)(=O)O)ccc4c3C2(C)C)/CC1)C(C)(C)c1c(C)ccc2ccccc12. The Kier molecular flexibility index (Phi) is 13.9. The largest absolute Gasteiger partial charge is 0.464 e. The van der Waals surface area contributed by atoms with Crippen molar-refractivity contribution in [2.75, 3.05) is 36.1 Å². The third-order valence-corrected chi connectivity index (χ3v) is 14.1. The van der Waals surface area contributed by atoms with Crippen LogP contribution in [-0.2, 0) is 40.0 Å². The fraction of sp³-hybridized carbons (Fsp3) is 0.259. The van der Waals surface area contributed by atoms with E-state index in [-0.39, 0.29) is 30.0 Å². The number of hydrogen-bond acceptors (Lipinski definition) is 9. The van der Waals surface area contributed by atoms with E-state index >= 15 is 0 Å². The molecule has 0 radical (unpaired) electrons. The molecule has 1 aliphatic heterocycles. The number of esters is 2. The fourth-order valence-corrected chi connectivity index (χ4v) is 10.7. The number of fused-ring (bicyclic) bond motifs is 4. The lowest BCUT2D eigenvalue weighted by Crippen LogP contribution is -2.30. The molecular formula is C58H59N3O7S. The number of hydrogen-bond donors (Lipinski definition) is 1. The molecular weight excluding hydrogens is 883 g/mol. The minimum atomic E-state index is -4.42. The van der Waals surface area contributed by atoms with E-state index < -0.39 is 20.9 Å². The van der Waals surface area contributed by atoms with Crippen LogP contribution in [0.1, 0.15) is 71.1 Å². The van der Waals surface area contributed by atoms with Gasteiger partial charge in [-0.15, -0.1) is 0 Å². The molecule has 0 unspecified atom stereocenters. The van der Waals surface area contributed by atoms with Crippen LogP contribution in [0.25, 0.3) is 21.5 Å². The highest BCUT2D eigenvalue weighted by atomic mass is 32.2. The van der Waals surface area contributed by atoms with Crippen LogP contribution in [0.3, 0.4) is 0 Å². The molecule has 0 atom stereocenters. The summed E-state index contributed by atoms with van der Waals surface area (Å²) in [5.41, 5.74) is 10.2. The lowest BCUT2D eigenvalue weighted by Gasteiger charge is -2.30. The van der Waals surface area contributed by atoms with E-state index in [1.54, 1.807) is 6.07 Å². The molecule has 10 nitrogen and oxygen atoms in total. The van der Waals surface area contributed by atoms with Crippen molar-refractivity contribution in [1.82, 2.24) is 0 Å². The number of benzene rings is 6. The van der Waals surface area contributed by atoms with Crippen molar-refractivity contribution >= 4 is 66.4 Å². The molecule has 0 saturated heterocycles. The smallest absolute Gasteiger partial charge is 0.302 e. The van der Waals surface area contributed by atoms with Crippen LogP contribution in [0.5, 0.6) is 0 Å². The molecule has 11 heteroatoms. The summed E-state index contributed by atoms with van der Waals surface area (Å²) in [5.74, 6) is -0.711. The Morgan fingerprint density at radius 1 is 0.783 bits per heavy atom. The maximum atomic E-state index is 12.2. The highest BCUT2D eigenvalue weighted by molar-refractivity contribution is 7.85. The number of carbonyl (C=O) groups excluding carboxylic acids is 2. The molecule has 0 saturated carbocycles. The molecule has 0 bridgehead atoms. The van der Waals surface area contributed by atoms with E-state index in [2.05, 4.69) is 129 Å². The third-order valence-electron chi connectivity index (χ3n) is 13.2. The summed E-state index contributed by atoms with van der Waals surface area (Å²) in [5, 5.41) is 3.86. The summed E-state index contributed by atoms with van der Waals surface area (Å²) in [4.78, 5) is 33.4. The number of rotatable bonds is 15. The second-order valence-corrected chi connectivity index (χ2v) is 20.0. The van der Waals surface area contributed by atoms with Crippen molar-refractivity contribution in [2.45, 2.75) is 77.0 Å². The Hall–Kier alpha value is -7.08. The number of nitrogens with zero attached hydrogens (tertiary/aromatic N) is 3. The molecule has 0 amide bonds. The van der Waals surface area contributed by atoms with Crippen LogP contribution in [0.2, 0.25) is 0 Å². The first-order valence-electron chi connectivity index (χ1n) is 23.3. The van der Waals surface area contributed by atoms with E-state index in [0.717, 1.165) is 85.4 Å². The summed E-state index contributed by atoms with van der Waals surface area (Å²) in [6.45, 7) is 14.7. The predicted octanol–water partition coefficient (Wildman–Crippen LogP) is 12.4. The Bertz CT molecular complexity index is 3180. The van der Waals surface area contributed by atoms with Gasteiger partial charge in [0.1, 0.15) is 13.2 Å². The highest BCUT2D eigenvalue weighted by Crippen LogP contribution is 2.51. The second-order valence-electron chi connectivity index (χ2n) is 18.6. The Morgan fingerprint density at radius 2 is 1.42 bits per heavy atom. The topological polar surface area (TPSA) is 126 Å². The maximum absolute atomic E-state index is 12.2. The van der Waals surface area contributed by atoms with Crippen molar-refractivity contribution < 1.29 is 32.0 Å². The van der Waals surface area contributed by atoms with E-state index in [1.807, 2.05) is 48.5 Å². The van der Waals surface area contributed by atoms with Crippen molar-refractivity contribution in [3.63, 3.8) is 0 Å². The molecule has 0 spiro atoms. The predicted molar refractivity (Wildman–Crippen MR) is 278 cm³/mol. The zero-order valence-corrected chi connectivity index (χ0v) is 41.1. The van der Waals surface area contributed by atoms with Gasteiger partial charge >= 0.3 is 11.9 Å². The maximum Gasteiger partial charge on any atom is 0.302 e. The molecule has 69 heavy (non-hydrogen) atoms. The number of allylic oxidation sites excluding steroid dienone is 7. The van der Waals surface area contributed by atoms with Gasteiger partial charge in [0.2, 0.25) is 0 Å². The molecule has 0 fully saturated rings. The molecule has 354 valence electrons. The molecule has 2 aliphatic rings. The number of aryl methyl sites for hydroxylation is 1. The van der Waals surface area contributed by atoms with E-state index in [0.29, 0.717) is 18.5 Å². The lowest BCUT2D eigenvalue weighted by atomic mass is 9.75. The standard InChI is InChI=1S/C58H59N3O7S/c1-39-22-23-42-16-14-15-21-49(42)54(39)57(4,5)52(59-34-36-67-40(2)62)32-27-43-24-25-44(56(43)61(46-17-10-8-11-18-46)47-19-12-9-13-20-47)28-33-53-58(6,7)55-50-30-29-48(69(64,65)66)38-45(50)26-31-51(55)60(53)35-37-68-41(3)63/h8-23,26-33,38H,24-25,34-37H2,1-7H3,(H,64,65,66)/b32-27+,44-28+,53-33+,59-52+. The van der Waals surface area contributed by atoms with E-state index in [4.69, 9.17) is 14.5 Å². The van der Waals surface area contributed by atoms with Crippen LogP contribution in [-0.4, -0.2) is 56.9 Å². The van der Waals surface area contributed by atoms with Crippen molar-refractivity contribution in [2.24, 2.45) is 4.99 Å². The Labute approximate surface area is 405 Å². The average molecular weight is 942 g/mol. The van der Waals surface area contributed by atoms with Crippen molar-refractivity contribution in [3.8, 4) is 0 Å². The summed E-state index contributed by atoms with van der Waals surface area (Å²) in [6.07, 6.45) is 10.2. The first kappa shape index (κ1) is 48.4. The Balaban J connectivity index is 1.30. The van der Waals surface area contributed by atoms with Gasteiger partial charge in [0.05, 0.1) is 23.7 Å². The van der Waals surface area contributed by atoms with Crippen LogP contribution in [0.4, 0.5) is 17.1 Å². The first-order chi connectivity index (χ1) is 33.0. The Morgan fingerprint density at radius 3 is 2.09 bits per heavy atom. The third kappa shape index (κ3) is 10.1. The first-order valence-corrected chi connectivity index (χ1v) is 24.8. The van der Waals surface area contributed by atoms with E-state index in [9.17, 15) is 22.6 Å². The number of anilines is 3. The summed E-state index contributed by atoms with van der Waals surface area (Å²) in [7, 11) is -4.42. The van der Waals surface area contributed by atoms with Gasteiger partial charge in [-0.05, 0) is 124 Å². The second kappa shape index (κ2) is 19.9. The quantitative estimate of drug-likeness (QED) is 0.0463. The van der Waals surface area contributed by atoms with Crippen molar-refractivity contribution in [3.05, 3.63) is 191 Å². The van der Waals surface area contributed by atoms with Gasteiger partial charge in [0.25, 0.3) is 10.1 Å². The molecule has 6 aromatic carbocycles. The van der Waals surface area contributed by atoms with Gasteiger partial charge in [0.15, 0.2) is 0 Å². The molecule has 1 heterocycles. The van der Waals surface area contributed by atoms with E-state index in [1.165, 1.54) is 31.5 Å². The van der Waals surface area contributed by atoms with Crippen LogP contribution in [0, 0.1) is 6.92 Å². The minimum absolute atomic E-state index is 0.161. The van der Waals surface area contributed by atoms with Gasteiger partial charge in [-0.3, -0.25) is 19.1 Å². The number of ether oxygens (including phenoxy) is 2. The van der Waals surface area contributed by atoms with Gasteiger partial charge in [-0.2, -0.15) is 8.42 Å². The van der Waals surface area contributed by atoms with Gasteiger partial charge < -0.3 is 19.3 Å². The summed E-state index contributed by atoms with van der Waals surface area (Å²) >= 11 is 0. The zero-order valence-electron chi connectivity index (χ0n) is 40.3. The summed E-state index contributed by atoms with van der Waals surface area (Å²) < 4.78 is 45.1. The van der Waals surface area contributed by atoms with Crippen LogP contribution >= 0.6 is 0 Å². The number of aliphatic imine (C=N–C) groups is 1. The van der Waals surface area contributed by atoms with Crippen LogP contribution in [0.15, 0.2) is 184 Å². The highest BCUT2D eigenvalue weighted by Gasteiger charge is 2.41. The molecule has 8 rings (SSSR count). The molecule has 1 aliphatic carbocycles. The normalized spacial score (nSPS) is 16.3. The minimum Gasteiger partial charge on any atom is -0.464 e. The zero-order chi connectivity index (χ0) is 49.1. The van der Waals surface area contributed by atoms with Crippen molar-refractivity contribution in [1.29, 1.82) is 0 Å². The lowest BCUT2D eigenvalue weighted by molar-refractivity contribution is -0.141. The summed E-state index contributed by atoms with van der Waals surface area (Å²) in [6, 6.07) is 42.0. The fourth-order valence-electron chi connectivity index (χ4n) is 10.2. The van der Waals surface area contributed by atoms with Gasteiger partial charge in [-0.1, -0.05) is 125 Å². The number of para-hydroxylation sites is 2. The average Bonchev–Trinajstić information content (AvgIpc) is 3.81. The van der Waals surface area contributed by atoms with Crippen LogP contribution < -0.4 is 9.80 Å². The molecule has 6 aromatic rings. The van der Waals surface area contributed by atoms with Gasteiger partial charge in [0, 0.05) is 53.1 Å². The molecule has 1 N–H and O–H groups in total. The monoisotopic (exact) mass is 941 g/mol. The van der Waals surface area contributed by atoms with Gasteiger partial charge in [-0.25, -0.2) is 0 Å².